The molecule has 1 heterocycles. The molecule has 1 aliphatic heterocycles. The van der Waals surface area contributed by atoms with Gasteiger partial charge >= 0.3 is 0 Å². The molecule has 0 aromatic heterocycles. The third-order valence-electron chi connectivity index (χ3n) is 4.71. The molecule has 1 aliphatic carbocycles. The number of hydrogen-bond acceptors (Lipinski definition) is 3. The summed E-state index contributed by atoms with van der Waals surface area (Å²) >= 11 is 0. The number of hydrogen-bond donors (Lipinski definition) is 1. The van der Waals surface area contributed by atoms with E-state index in [0.717, 1.165) is 26.1 Å². The molecule has 1 saturated carbocycles. The molecule has 3 nitrogen and oxygen atoms in total. The summed E-state index contributed by atoms with van der Waals surface area (Å²) in [4.78, 5) is 2.64. The zero-order valence-electron chi connectivity index (χ0n) is 12.2. The minimum atomic E-state index is 0.272. The van der Waals surface area contributed by atoms with Crippen molar-refractivity contribution in [2.24, 2.45) is 0 Å². The van der Waals surface area contributed by atoms with E-state index in [4.69, 9.17) is 4.74 Å². The van der Waals surface area contributed by atoms with Gasteiger partial charge in [0.05, 0.1) is 12.6 Å². The second-order valence-electron chi connectivity index (χ2n) is 5.45. The lowest BCUT2D eigenvalue weighted by molar-refractivity contribution is 0.0549. The smallest absolute Gasteiger partial charge is 0.111 e. The molecule has 0 aromatic rings. The molecule has 2 aliphatic rings. The average molecular weight is 252 g/mol. The Hall–Kier alpha value is -0.540. The SMILES string of the molecule is CCN(CC)C1(C(NC)C2=CCCO2)CCCC1. The van der Waals surface area contributed by atoms with Gasteiger partial charge in [-0.15, -0.1) is 0 Å². The molecular weight excluding hydrogens is 224 g/mol. The first-order valence-electron chi connectivity index (χ1n) is 7.53. The molecule has 0 radical (unpaired) electrons. The fourth-order valence-corrected chi connectivity index (χ4v) is 3.94. The van der Waals surface area contributed by atoms with Crippen molar-refractivity contribution >= 4 is 0 Å². The lowest BCUT2D eigenvalue weighted by Crippen LogP contribution is -2.60. The minimum Gasteiger partial charge on any atom is -0.496 e. The summed E-state index contributed by atoms with van der Waals surface area (Å²) < 4.78 is 5.85. The molecule has 0 amide bonds. The summed E-state index contributed by atoms with van der Waals surface area (Å²) in [5.41, 5.74) is 0.272. The highest BCUT2D eigenvalue weighted by molar-refractivity contribution is 5.18. The Morgan fingerprint density at radius 2 is 2.00 bits per heavy atom. The molecule has 104 valence electrons. The Morgan fingerprint density at radius 3 is 2.44 bits per heavy atom. The van der Waals surface area contributed by atoms with Crippen molar-refractivity contribution in [3.8, 4) is 0 Å². The van der Waals surface area contributed by atoms with Crippen molar-refractivity contribution in [3.05, 3.63) is 11.8 Å². The molecule has 1 atom stereocenters. The Morgan fingerprint density at radius 1 is 1.33 bits per heavy atom. The summed E-state index contributed by atoms with van der Waals surface area (Å²) in [7, 11) is 2.08. The Kier molecular flexibility index (Phi) is 4.68. The van der Waals surface area contributed by atoms with Crippen LogP contribution in [0.15, 0.2) is 11.8 Å². The van der Waals surface area contributed by atoms with Crippen molar-refractivity contribution < 1.29 is 4.74 Å². The van der Waals surface area contributed by atoms with Crippen LogP contribution in [0, 0.1) is 0 Å². The normalized spacial score (nSPS) is 24.1. The predicted octanol–water partition coefficient (Wildman–Crippen LogP) is 2.53. The number of nitrogens with one attached hydrogen (secondary N) is 1. The van der Waals surface area contributed by atoms with E-state index in [1.807, 2.05) is 0 Å². The Labute approximate surface area is 112 Å². The van der Waals surface area contributed by atoms with Gasteiger partial charge in [0.25, 0.3) is 0 Å². The van der Waals surface area contributed by atoms with Crippen LogP contribution < -0.4 is 5.32 Å². The van der Waals surface area contributed by atoms with Gasteiger partial charge in [0.1, 0.15) is 5.76 Å². The van der Waals surface area contributed by atoms with Crippen molar-refractivity contribution in [3.63, 3.8) is 0 Å². The molecular formula is C15H28N2O. The van der Waals surface area contributed by atoms with Gasteiger partial charge in [-0.25, -0.2) is 0 Å². The highest BCUT2D eigenvalue weighted by Gasteiger charge is 2.46. The van der Waals surface area contributed by atoms with Gasteiger partial charge in [-0.3, -0.25) is 4.90 Å². The number of rotatable bonds is 6. The molecule has 18 heavy (non-hydrogen) atoms. The molecule has 1 fully saturated rings. The molecule has 1 N–H and O–H groups in total. The third kappa shape index (κ3) is 2.30. The van der Waals surface area contributed by atoms with E-state index in [2.05, 4.69) is 37.2 Å². The van der Waals surface area contributed by atoms with Gasteiger partial charge in [-0.2, -0.15) is 0 Å². The van der Waals surface area contributed by atoms with E-state index in [-0.39, 0.29) is 5.54 Å². The van der Waals surface area contributed by atoms with E-state index in [9.17, 15) is 0 Å². The summed E-state index contributed by atoms with van der Waals surface area (Å²) in [6.07, 6.45) is 8.64. The minimum absolute atomic E-state index is 0.272. The van der Waals surface area contributed by atoms with Crippen LogP contribution in [-0.4, -0.2) is 43.2 Å². The van der Waals surface area contributed by atoms with E-state index in [0.29, 0.717) is 6.04 Å². The number of ether oxygens (including phenoxy) is 1. The molecule has 2 rings (SSSR count). The number of likely N-dealkylation sites (N-methyl/N-ethyl adjacent to an activating group) is 2. The van der Waals surface area contributed by atoms with Crippen LogP contribution in [0.3, 0.4) is 0 Å². The van der Waals surface area contributed by atoms with Gasteiger partial charge in [-0.05, 0) is 39.1 Å². The predicted molar refractivity (Wildman–Crippen MR) is 75.6 cm³/mol. The largest absolute Gasteiger partial charge is 0.496 e. The summed E-state index contributed by atoms with van der Waals surface area (Å²) in [5, 5.41) is 3.54. The first-order chi connectivity index (χ1) is 8.78. The zero-order valence-corrected chi connectivity index (χ0v) is 12.2. The maximum Gasteiger partial charge on any atom is 0.111 e. The van der Waals surface area contributed by atoms with Gasteiger partial charge in [0.2, 0.25) is 0 Å². The zero-order chi connectivity index (χ0) is 13.0. The first-order valence-corrected chi connectivity index (χ1v) is 7.53. The third-order valence-corrected chi connectivity index (χ3v) is 4.71. The van der Waals surface area contributed by atoms with E-state index in [1.165, 1.54) is 31.4 Å². The summed E-state index contributed by atoms with van der Waals surface area (Å²) in [6, 6.07) is 0.363. The molecule has 0 bridgehead atoms. The Bertz CT molecular complexity index is 291. The Balaban J connectivity index is 2.26. The fraction of sp³-hybridized carbons (Fsp3) is 0.867. The van der Waals surface area contributed by atoms with E-state index >= 15 is 0 Å². The number of nitrogens with zero attached hydrogens (tertiary/aromatic N) is 1. The van der Waals surface area contributed by atoms with Crippen LogP contribution >= 0.6 is 0 Å². The molecule has 0 aromatic carbocycles. The summed E-state index contributed by atoms with van der Waals surface area (Å²) in [5.74, 6) is 1.19. The van der Waals surface area contributed by atoms with Crippen molar-refractivity contribution in [1.82, 2.24) is 10.2 Å². The van der Waals surface area contributed by atoms with Crippen LogP contribution in [0.5, 0.6) is 0 Å². The topological polar surface area (TPSA) is 24.5 Å². The van der Waals surface area contributed by atoms with Crippen molar-refractivity contribution in [2.45, 2.75) is 57.5 Å². The van der Waals surface area contributed by atoms with E-state index in [1.54, 1.807) is 0 Å². The van der Waals surface area contributed by atoms with E-state index < -0.39 is 0 Å². The highest BCUT2D eigenvalue weighted by atomic mass is 16.5. The quantitative estimate of drug-likeness (QED) is 0.786. The maximum absolute atomic E-state index is 5.85. The molecule has 1 unspecified atom stereocenters. The second-order valence-corrected chi connectivity index (χ2v) is 5.45. The lowest BCUT2D eigenvalue weighted by atomic mass is 9.84. The molecule has 3 heteroatoms. The second kappa shape index (κ2) is 6.07. The molecule has 0 saturated heterocycles. The van der Waals surface area contributed by atoms with Crippen molar-refractivity contribution in [2.75, 3.05) is 26.7 Å². The average Bonchev–Trinajstić information content (AvgIpc) is 3.04. The summed E-state index contributed by atoms with van der Waals surface area (Å²) in [6.45, 7) is 7.67. The van der Waals surface area contributed by atoms with Crippen LogP contribution in [0.2, 0.25) is 0 Å². The lowest BCUT2D eigenvalue weighted by Gasteiger charge is -2.46. The van der Waals surface area contributed by atoms with Crippen LogP contribution in [-0.2, 0) is 4.74 Å². The highest BCUT2D eigenvalue weighted by Crippen LogP contribution is 2.41. The van der Waals surface area contributed by atoms with Gasteiger partial charge in [-0.1, -0.05) is 26.7 Å². The van der Waals surface area contributed by atoms with Gasteiger partial charge < -0.3 is 10.1 Å². The first kappa shape index (κ1) is 13.9. The van der Waals surface area contributed by atoms with Crippen LogP contribution in [0.1, 0.15) is 46.0 Å². The van der Waals surface area contributed by atoms with Crippen molar-refractivity contribution in [1.29, 1.82) is 0 Å². The molecule has 0 spiro atoms. The monoisotopic (exact) mass is 252 g/mol. The maximum atomic E-state index is 5.85. The van der Waals surface area contributed by atoms with Gasteiger partial charge in [0, 0.05) is 12.0 Å². The van der Waals surface area contributed by atoms with Crippen LogP contribution in [0.4, 0.5) is 0 Å². The standard InChI is InChI=1S/C15H28N2O/c1-4-17(5-2)15(10-6-7-11-15)14(16-3)13-9-8-12-18-13/h9,14,16H,4-8,10-12H2,1-3H3. The van der Waals surface area contributed by atoms with Gasteiger partial charge in [0.15, 0.2) is 0 Å². The van der Waals surface area contributed by atoms with Crippen LogP contribution in [0.25, 0.3) is 0 Å². The fourth-order valence-electron chi connectivity index (χ4n) is 3.94.